The highest BCUT2D eigenvalue weighted by Crippen LogP contribution is 2.29. The maximum Gasteiger partial charge on any atom is 0.130 e. The minimum atomic E-state index is 0.342. The first kappa shape index (κ1) is 12.6. The fraction of sp³-hybridized carbons (Fsp3) is 0.538. The molecule has 1 unspecified atom stereocenters. The van der Waals surface area contributed by atoms with Gasteiger partial charge < -0.3 is 5.11 Å². The second-order valence-electron chi connectivity index (χ2n) is 4.11. The third kappa shape index (κ3) is 3.86. The Kier molecular flexibility index (Phi) is 5.16. The van der Waals surface area contributed by atoms with Crippen LogP contribution in [0.5, 0.6) is 5.75 Å². The van der Waals surface area contributed by atoms with Crippen LogP contribution in [0.2, 0.25) is 0 Å². The van der Waals surface area contributed by atoms with Crippen molar-refractivity contribution in [2.24, 2.45) is 0 Å². The number of hydrogen-bond acceptors (Lipinski definition) is 1. The van der Waals surface area contributed by atoms with Crippen LogP contribution in [0.1, 0.15) is 51.0 Å². The monoisotopic (exact) mass is 270 g/mol. The number of aromatic hydroxyl groups is 1. The van der Waals surface area contributed by atoms with Crippen molar-refractivity contribution in [3.8, 4) is 5.75 Å². The lowest BCUT2D eigenvalue weighted by Gasteiger charge is -2.12. The van der Waals surface area contributed by atoms with Crippen molar-refractivity contribution in [2.75, 3.05) is 0 Å². The predicted octanol–water partition coefficient (Wildman–Crippen LogP) is 4.84. The van der Waals surface area contributed by atoms with Gasteiger partial charge in [0.2, 0.25) is 0 Å². The second kappa shape index (κ2) is 6.16. The summed E-state index contributed by atoms with van der Waals surface area (Å²) >= 11 is 3.29. The van der Waals surface area contributed by atoms with Gasteiger partial charge in [0.25, 0.3) is 0 Å². The third-order valence-corrected chi connectivity index (χ3v) is 3.45. The molecule has 0 heterocycles. The summed E-state index contributed by atoms with van der Waals surface area (Å²) in [5.74, 6) is 0.880. The van der Waals surface area contributed by atoms with E-state index in [4.69, 9.17) is 0 Å². The van der Waals surface area contributed by atoms with E-state index >= 15 is 0 Å². The highest BCUT2D eigenvalue weighted by atomic mass is 79.9. The summed E-state index contributed by atoms with van der Waals surface area (Å²) in [5, 5.41) is 9.57. The molecule has 0 bridgehead atoms. The number of benzene rings is 1. The first-order valence-electron chi connectivity index (χ1n) is 5.63. The molecule has 1 N–H and O–H groups in total. The molecule has 0 saturated carbocycles. The smallest absolute Gasteiger partial charge is 0.130 e. The molecule has 84 valence electrons. The Bertz CT molecular complexity index is 309. The molecule has 15 heavy (non-hydrogen) atoms. The molecule has 1 atom stereocenters. The Balaban J connectivity index is 2.57. The van der Waals surface area contributed by atoms with Gasteiger partial charge >= 0.3 is 0 Å². The van der Waals surface area contributed by atoms with Gasteiger partial charge in [-0.05, 0) is 46.0 Å². The highest BCUT2D eigenvalue weighted by molar-refractivity contribution is 9.10. The molecule has 1 rings (SSSR count). The van der Waals surface area contributed by atoms with Gasteiger partial charge in [0.1, 0.15) is 5.75 Å². The first-order chi connectivity index (χ1) is 7.15. The van der Waals surface area contributed by atoms with E-state index in [1.54, 1.807) is 0 Å². The predicted molar refractivity (Wildman–Crippen MR) is 68.4 cm³/mol. The zero-order chi connectivity index (χ0) is 11.3. The molecule has 0 aliphatic heterocycles. The Morgan fingerprint density at radius 1 is 1.33 bits per heavy atom. The largest absolute Gasteiger partial charge is 0.507 e. The van der Waals surface area contributed by atoms with Gasteiger partial charge in [-0.3, -0.25) is 0 Å². The molecule has 0 aliphatic rings. The molecule has 0 fully saturated rings. The summed E-state index contributed by atoms with van der Waals surface area (Å²) < 4.78 is 0.770. The number of phenolic OH excluding ortho intramolecular Hbond substituents is 1. The van der Waals surface area contributed by atoms with Crippen molar-refractivity contribution in [3.63, 3.8) is 0 Å². The summed E-state index contributed by atoms with van der Waals surface area (Å²) in [5.41, 5.74) is 1.23. The van der Waals surface area contributed by atoms with Gasteiger partial charge in [0, 0.05) is 0 Å². The minimum Gasteiger partial charge on any atom is -0.507 e. The molecule has 1 nitrogen and oxygen atoms in total. The van der Waals surface area contributed by atoms with Crippen molar-refractivity contribution in [1.82, 2.24) is 0 Å². The van der Waals surface area contributed by atoms with E-state index < -0.39 is 0 Å². The van der Waals surface area contributed by atoms with Crippen LogP contribution < -0.4 is 0 Å². The zero-order valence-electron chi connectivity index (χ0n) is 9.46. The van der Waals surface area contributed by atoms with Gasteiger partial charge in [0.15, 0.2) is 0 Å². The van der Waals surface area contributed by atoms with Crippen LogP contribution >= 0.6 is 15.9 Å². The Labute approximate surface area is 101 Å². The third-order valence-electron chi connectivity index (χ3n) is 2.78. The average Bonchev–Trinajstić information content (AvgIpc) is 2.22. The highest BCUT2D eigenvalue weighted by Gasteiger charge is 2.07. The molecule has 0 aliphatic carbocycles. The zero-order valence-corrected chi connectivity index (χ0v) is 11.0. The van der Waals surface area contributed by atoms with E-state index in [2.05, 4.69) is 35.8 Å². The molecule has 0 spiro atoms. The van der Waals surface area contributed by atoms with Crippen molar-refractivity contribution < 1.29 is 5.11 Å². The van der Waals surface area contributed by atoms with Gasteiger partial charge in [-0.2, -0.15) is 0 Å². The molecule has 1 aromatic rings. The van der Waals surface area contributed by atoms with Crippen molar-refractivity contribution in [2.45, 2.75) is 45.4 Å². The quantitative estimate of drug-likeness (QED) is 0.760. The lowest BCUT2D eigenvalue weighted by molar-refractivity contribution is 0.469. The molecule has 0 amide bonds. The number of halogens is 1. The van der Waals surface area contributed by atoms with E-state index in [1.165, 1.54) is 31.2 Å². The maximum absolute atomic E-state index is 9.57. The second-order valence-corrected chi connectivity index (χ2v) is 4.96. The van der Waals surface area contributed by atoms with E-state index in [0.717, 1.165) is 4.47 Å². The summed E-state index contributed by atoms with van der Waals surface area (Å²) in [7, 11) is 0. The molecule has 2 heteroatoms. The summed E-state index contributed by atoms with van der Waals surface area (Å²) in [6.07, 6.45) is 5.04. The molecular formula is C13H19BrO. The van der Waals surface area contributed by atoms with Crippen molar-refractivity contribution in [3.05, 3.63) is 28.2 Å². The Hall–Kier alpha value is -0.500. The van der Waals surface area contributed by atoms with Gasteiger partial charge in [0.05, 0.1) is 4.47 Å². The molecular weight excluding hydrogens is 252 g/mol. The van der Waals surface area contributed by atoms with Crippen LogP contribution in [0.15, 0.2) is 22.7 Å². The van der Waals surface area contributed by atoms with Gasteiger partial charge in [-0.25, -0.2) is 0 Å². The van der Waals surface area contributed by atoms with E-state index in [-0.39, 0.29) is 0 Å². The standard InChI is InChI=1S/C13H19BrO/c1-3-4-5-6-10(2)11-7-8-12(14)13(15)9-11/h7-10,15H,3-6H2,1-2H3. The summed E-state index contributed by atoms with van der Waals surface area (Å²) in [6, 6.07) is 5.86. The van der Waals surface area contributed by atoms with Crippen LogP contribution in [0.25, 0.3) is 0 Å². The van der Waals surface area contributed by atoms with Crippen LogP contribution in [-0.4, -0.2) is 5.11 Å². The summed E-state index contributed by atoms with van der Waals surface area (Å²) in [4.78, 5) is 0. The van der Waals surface area contributed by atoms with Gasteiger partial charge in [-0.1, -0.05) is 39.2 Å². The Morgan fingerprint density at radius 2 is 2.07 bits per heavy atom. The minimum absolute atomic E-state index is 0.342. The molecule has 0 aromatic heterocycles. The average molecular weight is 271 g/mol. The number of hydrogen-bond donors (Lipinski definition) is 1. The molecule has 1 aromatic carbocycles. The lowest BCUT2D eigenvalue weighted by atomic mass is 9.95. The molecule has 0 saturated heterocycles. The number of phenols is 1. The maximum atomic E-state index is 9.57. The fourth-order valence-electron chi connectivity index (χ4n) is 1.70. The van der Waals surface area contributed by atoms with Crippen molar-refractivity contribution in [1.29, 1.82) is 0 Å². The summed E-state index contributed by atoms with van der Waals surface area (Å²) in [6.45, 7) is 4.44. The van der Waals surface area contributed by atoms with Gasteiger partial charge in [-0.15, -0.1) is 0 Å². The van der Waals surface area contributed by atoms with Crippen LogP contribution in [0, 0.1) is 0 Å². The van der Waals surface area contributed by atoms with Crippen LogP contribution in [0.4, 0.5) is 0 Å². The van der Waals surface area contributed by atoms with Crippen LogP contribution in [0.3, 0.4) is 0 Å². The van der Waals surface area contributed by atoms with Crippen LogP contribution in [-0.2, 0) is 0 Å². The van der Waals surface area contributed by atoms with Crippen molar-refractivity contribution >= 4 is 15.9 Å². The first-order valence-corrected chi connectivity index (χ1v) is 6.43. The topological polar surface area (TPSA) is 20.2 Å². The fourth-order valence-corrected chi connectivity index (χ4v) is 1.95. The Morgan fingerprint density at radius 3 is 2.67 bits per heavy atom. The SMILES string of the molecule is CCCCCC(C)c1ccc(Br)c(O)c1. The van der Waals surface area contributed by atoms with E-state index in [1.807, 2.05) is 12.1 Å². The van der Waals surface area contributed by atoms with E-state index in [0.29, 0.717) is 11.7 Å². The normalized spacial score (nSPS) is 12.7. The number of unbranched alkanes of at least 4 members (excludes halogenated alkanes) is 2. The number of rotatable bonds is 5. The molecule has 0 radical (unpaired) electrons. The lowest BCUT2D eigenvalue weighted by Crippen LogP contribution is -1.93. The van der Waals surface area contributed by atoms with E-state index in [9.17, 15) is 5.11 Å².